The Balaban J connectivity index is 1.23. The molecular weight excluding hydrogens is 576 g/mol. The van der Waals surface area contributed by atoms with E-state index in [2.05, 4.69) is 26.0 Å². The summed E-state index contributed by atoms with van der Waals surface area (Å²) >= 11 is 0. The van der Waals surface area contributed by atoms with Gasteiger partial charge in [-0.2, -0.15) is 9.97 Å². The fourth-order valence-electron chi connectivity index (χ4n) is 7.43. The minimum Gasteiger partial charge on any atom is -0.508 e. The van der Waals surface area contributed by atoms with Crippen LogP contribution in [-0.4, -0.2) is 84.6 Å². The molecule has 1 aliphatic carbocycles. The number of phenolic OH excluding ortho intramolecular Hbond substituents is 1. The van der Waals surface area contributed by atoms with Gasteiger partial charge in [-0.3, -0.25) is 4.90 Å². The second kappa shape index (κ2) is 10.8. The van der Waals surface area contributed by atoms with E-state index in [-0.39, 0.29) is 57.4 Å². The molecule has 2 unspecified atom stereocenters. The number of piperazine rings is 1. The Labute approximate surface area is 260 Å². The predicted molar refractivity (Wildman–Crippen MR) is 169 cm³/mol. The van der Waals surface area contributed by atoms with E-state index in [9.17, 15) is 5.11 Å². The van der Waals surface area contributed by atoms with Crippen molar-refractivity contribution in [3.63, 3.8) is 0 Å². The van der Waals surface area contributed by atoms with E-state index in [1.54, 1.807) is 25.3 Å². The third-order valence-electron chi connectivity index (χ3n) is 10.0. The van der Waals surface area contributed by atoms with Crippen molar-refractivity contribution in [1.82, 2.24) is 20.2 Å². The number of hydrogen-bond acceptors (Lipinski definition) is 8. The standard InChI is InChI=1S/C35H35F2N5O3/c1-3-20-5-4-6-21-11-24(43)12-26(29(20)21)30-28(36)13-27-32(31(30)37)39-34(40-33(27)42-14-22-7-8-23(15-42)38-22)45-19-35(9-10-35)18-41-16-25(17-41)44-2/h1,4-6,11-13,22-23,25,38,43H,7-10,14-19H2,2H3. The summed E-state index contributed by atoms with van der Waals surface area (Å²) in [5, 5.41) is 15.5. The number of benzene rings is 3. The maximum atomic E-state index is 16.8. The number of nitrogens with one attached hydrogen (secondary N) is 1. The van der Waals surface area contributed by atoms with Gasteiger partial charge in [0.2, 0.25) is 0 Å². The van der Waals surface area contributed by atoms with Crippen molar-refractivity contribution < 1.29 is 23.4 Å². The third kappa shape index (κ3) is 5.03. The lowest BCUT2D eigenvalue weighted by Crippen LogP contribution is -2.54. The lowest BCUT2D eigenvalue weighted by atomic mass is 9.93. The number of terminal acetylenes is 1. The maximum Gasteiger partial charge on any atom is 0.319 e. The zero-order valence-corrected chi connectivity index (χ0v) is 25.2. The van der Waals surface area contributed by atoms with Crippen molar-refractivity contribution in [3.8, 4) is 35.2 Å². The molecule has 0 spiro atoms. The van der Waals surface area contributed by atoms with Crippen LogP contribution < -0.4 is 15.0 Å². The number of methoxy groups -OCH3 is 1. The highest BCUT2D eigenvalue weighted by Gasteiger charge is 2.47. The number of halogens is 2. The highest BCUT2D eigenvalue weighted by atomic mass is 19.1. The van der Waals surface area contributed by atoms with E-state index in [0.717, 1.165) is 45.3 Å². The molecule has 45 heavy (non-hydrogen) atoms. The summed E-state index contributed by atoms with van der Waals surface area (Å²) in [5.74, 6) is 1.34. The number of hydrogen-bond donors (Lipinski definition) is 2. The van der Waals surface area contributed by atoms with E-state index in [4.69, 9.17) is 20.9 Å². The van der Waals surface area contributed by atoms with E-state index in [0.29, 0.717) is 41.9 Å². The Bertz CT molecular complexity index is 1850. The molecule has 10 heteroatoms. The van der Waals surface area contributed by atoms with Gasteiger partial charge in [-0.1, -0.05) is 18.1 Å². The van der Waals surface area contributed by atoms with Gasteiger partial charge in [-0.15, -0.1) is 6.42 Å². The largest absolute Gasteiger partial charge is 0.508 e. The van der Waals surface area contributed by atoms with E-state index >= 15 is 8.78 Å². The van der Waals surface area contributed by atoms with Gasteiger partial charge >= 0.3 is 6.01 Å². The number of rotatable bonds is 8. The molecule has 4 aliphatic rings. The van der Waals surface area contributed by atoms with Crippen molar-refractivity contribution in [3.05, 3.63) is 53.6 Å². The summed E-state index contributed by atoms with van der Waals surface area (Å²) in [6, 6.07) is 10.1. The first-order valence-corrected chi connectivity index (χ1v) is 15.6. The quantitative estimate of drug-likeness (QED) is 0.274. The summed E-state index contributed by atoms with van der Waals surface area (Å²) in [7, 11) is 1.74. The molecule has 2 atom stereocenters. The van der Waals surface area contributed by atoms with Crippen LogP contribution in [0.15, 0.2) is 36.4 Å². The van der Waals surface area contributed by atoms with E-state index in [1.165, 1.54) is 18.2 Å². The first kappa shape index (κ1) is 28.4. The van der Waals surface area contributed by atoms with Crippen LogP contribution in [0.3, 0.4) is 0 Å². The number of ether oxygens (including phenoxy) is 2. The fraction of sp³-hybridized carbons (Fsp3) is 0.429. The molecule has 4 fully saturated rings. The smallest absolute Gasteiger partial charge is 0.319 e. The summed E-state index contributed by atoms with van der Waals surface area (Å²) in [6.07, 6.45) is 10.2. The first-order chi connectivity index (χ1) is 21.8. The summed E-state index contributed by atoms with van der Waals surface area (Å²) < 4.78 is 44.7. The molecule has 0 amide bonds. The van der Waals surface area contributed by atoms with E-state index < -0.39 is 11.6 Å². The topological polar surface area (TPSA) is 83.0 Å². The Morgan fingerprint density at radius 3 is 2.58 bits per heavy atom. The minimum absolute atomic E-state index is 0.00392. The molecule has 0 radical (unpaired) electrons. The number of aromatic nitrogens is 2. The SMILES string of the molecule is C#Cc1cccc2cc(O)cc(-c3c(F)cc4c(N5CC6CCC(C5)N6)nc(OCC5(CN6CC(OC)C6)CC5)nc4c3F)c12. The average molecular weight is 612 g/mol. The van der Waals surface area contributed by atoms with Crippen molar-refractivity contribution in [2.24, 2.45) is 5.41 Å². The Hall–Kier alpha value is -4.04. The van der Waals surface area contributed by atoms with Crippen LogP contribution in [0.1, 0.15) is 31.2 Å². The Kier molecular flexibility index (Phi) is 6.82. The van der Waals surface area contributed by atoms with Crippen molar-refractivity contribution in [2.75, 3.05) is 51.3 Å². The van der Waals surface area contributed by atoms with Gasteiger partial charge in [0, 0.05) is 79.2 Å². The van der Waals surface area contributed by atoms with Crippen LogP contribution in [-0.2, 0) is 4.74 Å². The van der Waals surface area contributed by atoms with Gasteiger partial charge in [0.1, 0.15) is 22.9 Å². The predicted octanol–water partition coefficient (Wildman–Crippen LogP) is 4.85. The average Bonchev–Trinajstić information content (AvgIpc) is 3.71. The number of anilines is 1. The molecule has 4 aromatic rings. The molecule has 3 aromatic carbocycles. The van der Waals surface area contributed by atoms with Crippen LogP contribution in [0, 0.1) is 29.4 Å². The zero-order valence-electron chi connectivity index (χ0n) is 25.2. The van der Waals surface area contributed by atoms with Crippen LogP contribution in [0.2, 0.25) is 0 Å². The molecule has 8 rings (SSSR count). The summed E-state index contributed by atoms with van der Waals surface area (Å²) in [5.41, 5.74) is 0.316. The van der Waals surface area contributed by atoms with Gasteiger partial charge < -0.3 is 24.8 Å². The third-order valence-corrected chi connectivity index (χ3v) is 10.0. The van der Waals surface area contributed by atoms with Crippen molar-refractivity contribution in [2.45, 2.75) is 43.9 Å². The molecule has 8 nitrogen and oxygen atoms in total. The van der Waals surface area contributed by atoms with Gasteiger partial charge in [0.05, 0.1) is 18.3 Å². The highest BCUT2D eigenvalue weighted by molar-refractivity contribution is 6.04. The highest BCUT2D eigenvalue weighted by Crippen LogP contribution is 2.47. The molecule has 1 saturated carbocycles. The zero-order chi connectivity index (χ0) is 30.9. The number of likely N-dealkylation sites (tertiary alicyclic amines) is 1. The summed E-state index contributed by atoms with van der Waals surface area (Å²) in [6.45, 7) is 4.48. The molecule has 232 valence electrons. The lowest BCUT2D eigenvalue weighted by molar-refractivity contribution is -0.0410. The van der Waals surface area contributed by atoms with Crippen LogP contribution in [0.5, 0.6) is 11.8 Å². The van der Waals surface area contributed by atoms with Crippen molar-refractivity contribution >= 4 is 27.5 Å². The van der Waals surface area contributed by atoms with Crippen LogP contribution in [0.4, 0.5) is 14.6 Å². The molecule has 2 N–H and O–H groups in total. The molecule has 4 heterocycles. The van der Waals surface area contributed by atoms with Gasteiger partial charge in [-0.05, 0) is 55.3 Å². The van der Waals surface area contributed by atoms with Gasteiger partial charge in [0.25, 0.3) is 0 Å². The number of fused-ring (bicyclic) bond motifs is 4. The molecule has 1 aromatic heterocycles. The van der Waals surface area contributed by atoms with Crippen molar-refractivity contribution in [1.29, 1.82) is 0 Å². The Morgan fingerprint density at radius 1 is 1.09 bits per heavy atom. The lowest BCUT2D eigenvalue weighted by Gasteiger charge is -2.40. The van der Waals surface area contributed by atoms with Crippen LogP contribution >= 0.6 is 0 Å². The van der Waals surface area contributed by atoms with E-state index in [1.807, 2.05) is 0 Å². The number of nitrogens with zero attached hydrogens (tertiary/aromatic N) is 4. The second-order valence-corrected chi connectivity index (χ2v) is 13.2. The first-order valence-electron chi connectivity index (χ1n) is 15.6. The molecular formula is C35H35F2N5O3. The molecule has 3 saturated heterocycles. The Morgan fingerprint density at radius 2 is 1.87 bits per heavy atom. The number of aromatic hydroxyl groups is 1. The second-order valence-electron chi connectivity index (χ2n) is 13.2. The van der Waals surface area contributed by atoms with Gasteiger partial charge in [-0.25, -0.2) is 8.78 Å². The molecule has 3 aliphatic heterocycles. The summed E-state index contributed by atoms with van der Waals surface area (Å²) in [4.78, 5) is 13.8. The monoisotopic (exact) mass is 611 g/mol. The maximum absolute atomic E-state index is 16.8. The van der Waals surface area contributed by atoms with Crippen LogP contribution in [0.25, 0.3) is 32.8 Å². The fourth-order valence-corrected chi connectivity index (χ4v) is 7.43. The van der Waals surface area contributed by atoms with Gasteiger partial charge in [0.15, 0.2) is 5.82 Å². The number of phenols is 1. The normalized spacial score (nSPS) is 22.5. The minimum atomic E-state index is -0.845. The molecule has 2 bridgehead atoms.